The number of halogens is 5. The van der Waals surface area contributed by atoms with E-state index in [0.717, 1.165) is 49.4 Å². The molecule has 33 heavy (non-hydrogen) atoms. The molecular formula is C26H23F5O2. The molecule has 4 rings (SSSR count). The van der Waals surface area contributed by atoms with E-state index in [1.165, 1.54) is 18.2 Å². The van der Waals surface area contributed by atoms with E-state index < -0.39 is 40.6 Å². The zero-order valence-corrected chi connectivity index (χ0v) is 17.7. The zero-order chi connectivity index (χ0) is 23.7. The zero-order valence-electron chi connectivity index (χ0n) is 17.7. The molecule has 0 saturated heterocycles. The van der Waals surface area contributed by atoms with Crippen molar-refractivity contribution >= 4 is 0 Å². The van der Waals surface area contributed by atoms with E-state index in [1.54, 1.807) is 6.07 Å². The summed E-state index contributed by atoms with van der Waals surface area (Å²) in [6.45, 7) is 0. The molecule has 1 aliphatic carbocycles. The average Bonchev–Trinajstić information content (AvgIpc) is 2.81. The van der Waals surface area contributed by atoms with Gasteiger partial charge in [0.25, 0.3) is 0 Å². The van der Waals surface area contributed by atoms with Crippen LogP contribution in [0.1, 0.15) is 49.1 Å². The van der Waals surface area contributed by atoms with E-state index in [2.05, 4.69) is 0 Å². The number of aryl methyl sites for hydroxylation is 1. The summed E-state index contributed by atoms with van der Waals surface area (Å²) in [6, 6.07) is 9.16. The second-order valence-electron chi connectivity index (χ2n) is 8.63. The smallest absolute Gasteiger partial charge is 0.200 e. The highest BCUT2D eigenvalue weighted by Crippen LogP contribution is 2.39. The highest BCUT2D eigenvalue weighted by Gasteiger charge is 2.24. The molecular weight excluding hydrogens is 439 g/mol. The molecule has 0 aliphatic heterocycles. The Morgan fingerprint density at radius 2 is 1.27 bits per heavy atom. The Morgan fingerprint density at radius 3 is 1.94 bits per heavy atom. The molecule has 0 aromatic heterocycles. The van der Waals surface area contributed by atoms with Gasteiger partial charge < -0.3 is 10.2 Å². The lowest BCUT2D eigenvalue weighted by Gasteiger charge is -2.29. The SMILES string of the molecule is Oc1ccc(CCC2CCC(c3ccc(-c4ccc(O)c(F)c4F)c(F)c3)CC2)c(F)c1F. The molecule has 2 N–H and O–H groups in total. The first-order valence-electron chi connectivity index (χ1n) is 10.9. The predicted molar refractivity (Wildman–Crippen MR) is 114 cm³/mol. The van der Waals surface area contributed by atoms with Gasteiger partial charge in [-0.3, -0.25) is 0 Å². The van der Waals surface area contributed by atoms with Crippen molar-refractivity contribution in [3.8, 4) is 22.6 Å². The molecule has 1 aliphatic rings. The minimum atomic E-state index is -1.41. The van der Waals surface area contributed by atoms with Gasteiger partial charge >= 0.3 is 0 Å². The molecule has 1 saturated carbocycles. The lowest BCUT2D eigenvalue weighted by molar-refractivity contribution is 0.308. The van der Waals surface area contributed by atoms with Crippen molar-refractivity contribution in [2.45, 2.75) is 44.4 Å². The van der Waals surface area contributed by atoms with Gasteiger partial charge in [-0.15, -0.1) is 0 Å². The topological polar surface area (TPSA) is 40.5 Å². The maximum absolute atomic E-state index is 14.8. The summed E-state index contributed by atoms with van der Waals surface area (Å²) in [4.78, 5) is 0. The highest BCUT2D eigenvalue weighted by molar-refractivity contribution is 5.66. The van der Waals surface area contributed by atoms with Crippen molar-refractivity contribution in [2.75, 3.05) is 0 Å². The Kier molecular flexibility index (Phi) is 6.58. The van der Waals surface area contributed by atoms with E-state index in [-0.39, 0.29) is 22.6 Å². The third-order valence-electron chi connectivity index (χ3n) is 6.63. The van der Waals surface area contributed by atoms with Crippen LogP contribution < -0.4 is 0 Å². The Labute approximate surface area is 188 Å². The van der Waals surface area contributed by atoms with Gasteiger partial charge in [0.05, 0.1) is 0 Å². The van der Waals surface area contributed by atoms with Crippen LogP contribution in [0.25, 0.3) is 11.1 Å². The number of aromatic hydroxyl groups is 2. The Balaban J connectivity index is 1.39. The Morgan fingerprint density at radius 1 is 0.667 bits per heavy atom. The van der Waals surface area contributed by atoms with Gasteiger partial charge in [0.15, 0.2) is 23.1 Å². The first-order valence-corrected chi connectivity index (χ1v) is 10.9. The molecule has 0 spiro atoms. The summed E-state index contributed by atoms with van der Waals surface area (Å²) in [7, 11) is 0. The second-order valence-corrected chi connectivity index (χ2v) is 8.63. The molecule has 0 bridgehead atoms. The molecule has 0 heterocycles. The summed E-state index contributed by atoms with van der Waals surface area (Å²) in [6.07, 6.45) is 4.38. The largest absolute Gasteiger partial charge is 0.505 e. The van der Waals surface area contributed by atoms with E-state index in [4.69, 9.17) is 0 Å². The number of phenols is 2. The Hall–Kier alpha value is -3.09. The first kappa shape index (κ1) is 23.1. The molecule has 0 amide bonds. The maximum Gasteiger partial charge on any atom is 0.200 e. The average molecular weight is 462 g/mol. The summed E-state index contributed by atoms with van der Waals surface area (Å²) in [5.74, 6) is -6.69. The van der Waals surface area contributed by atoms with Crippen molar-refractivity contribution in [3.63, 3.8) is 0 Å². The highest BCUT2D eigenvalue weighted by atomic mass is 19.2. The number of hydrogen-bond acceptors (Lipinski definition) is 2. The van der Waals surface area contributed by atoms with Crippen molar-refractivity contribution in [1.82, 2.24) is 0 Å². The van der Waals surface area contributed by atoms with Crippen LogP contribution in [0.4, 0.5) is 22.0 Å². The van der Waals surface area contributed by atoms with Gasteiger partial charge in [0, 0.05) is 11.1 Å². The molecule has 7 heteroatoms. The van der Waals surface area contributed by atoms with E-state index in [9.17, 15) is 32.2 Å². The van der Waals surface area contributed by atoms with E-state index >= 15 is 0 Å². The van der Waals surface area contributed by atoms with E-state index in [1.807, 2.05) is 0 Å². The third kappa shape index (κ3) is 4.68. The molecule has 174 valence electrons. The summed E-state index contributed by atoms with van der Waals surface area (Å²) >= 11 is 0. The third-order valence-corrected chi connectivity index (χ3v) is 6.63. The monoisotopic (exact) mass is 462 g/mol. The van der Waals surface area contributed by atoms with Gasteiger partial charge in [-0.2, -0.15) is 8.78 Å². The summed E-state index contributed by atoms with van der Waals surface area (Å²) in [5.41, 5.74) is 0.687. The van der Waals surface area contributed by atoms with Crippen LogP contribution >= 0.6 is 0 Å². The van der Waals surface area contributed by atoms with E-state index in [0.29, 0.717) is 18.8 Å². The normalized spacial score (nSPS) is 18.5. The standard InChI is InChI=1S/C26H23F5O2/c27-20-13-17(7-9-18(20)19-10-12-22(33)26(31)24(19)29)15-4-1-14(2-5-15)3-6-16-8-11-21(32)25(30)23(16)28/h7-15,32-33H,1-6H2. The molecule has 2 nitrogen and oxygen atoms in total. The van der Waals surface area contributed by atoms with Crippen molar-refractivity contribution in [3.05, 3.63) is 82.7 Å². The molecule has 0 atom stereocenters. The lowest BCUT2D eigenvalue weighted by Crippen LogP contribution is -2.14. The minimum absolute atomic E-state index is 0.0769. The quantitative estimate of drug-likeness (QED) is 0.389. The summed E-state index contributed by atoms with van der Waals surface area (Å²) in [5, 5.41) is 18.5. The van der Waals surface area contributed by atoms with Crippen LogP contribution in [0.15, 0.2) is 42.5 Å². The fourth-order valence-corrected chi connectivity index (χ4v) is 4.67. The van der Waals surface area contributed by atoms with Gasteiger partial charge in [0.1, 0.15) is 5.82 Å². The van der Waals surface area contributed by atoms with Crippen LogP contribution in [-0.2, 0) is 6.42 Å². The van der Waals surface area contributed by atoms with Crippen LogP contribution in [0.2, 0.25) is 0 Å². The fourth-order valence-electron chi connectivity index (χ4n) is 4.67. The maximum atomic E-state index is 14.8. The number of hydrogen-bond donors (Lipinski definition) is 2. The van der Waals surface area contributed by atoms with Crippen LogP contribution in [-0.4, -0.2) is 10.2 Å². The minimum Gasteiger partial charge on any atom is -0.505 e. The van der Waals surface area contributed by atoms with Crippen molar-refractivity contribution in [2.24, 2.45) is 5.92 Å². The summed E-state index contributed by atoms with van der Waals surface area (Å²) < 4.78 is 70.0. The lowest BCUT2D eigenvalue weighted by atomic mass is 9.76. The van der Waals surface area contributed by atoms with Crippen LogP contribution in [0, 0.1) is 35.0 Å². The number of phenolic OH excluding ortho intramolecular Hbond substituents is 2. The second kappa shape index (κ2) is 9.41. The molecule has 1 fully saturated rings. The number of rotatable bonds is 5. The molecule has 3 aromatic carbocycles. The van der Waals surface area contributed by atoms with Gasteiger partial charge in [-0.1, -0.05) is 18.2 Å². The van der Waals surface area contributed by atoms with Crippen LogP contribution in [0.5, 0.6) is 11.5 Å². The van der Waals surface area contributed by atoms with Crippen LogP contribution in [0.3, 0.4) is 0 Å². The van der Waals surface area contributed by atoms with Gasteiger partial charge in [-0.25, -0.2) is 13.2 Å². The number of benzene rings is 3. The predicted octanol–water partition coefficient (Wildman–Crippen LogP) is 7.37. The Bertz CT molecular complexity index is 1170. The van der Waals surface area contributed by atoms with Crippen molar-refractivity contribution in [1.29, 1.82) is 0 Å². The first-order chi connectivity index (χ1) is 15.8. The molecule has 0 unspecified atom stereocenters. The van der Waals surface area contributed by atoms with Crippen molar-refractivity contribution < 1.29 is 32.2 Å². The van der Waals surface area contributed by atoms with Gasteiger partial charge in [0.2, 0.25) is 11.6 Å². The fraction of sp³-hybridized carbons (Fsp3) is 0.308. The molecule has 3 aromatic rings. The molecule has 0 radical (unpaired) electrons. The van der Waals surface area contributed by atoms with Gasteiger partial charge in [-0.05, 0) is 85.8 Å².